The van der Waals surface area contributed by atoms with Gasteiger partial charge in [0.15, 0.2) is 5.60 Å². The monoisotopic (exact) mass is 567 g/mol. The topological polar surface area (TPSA) is 120 Å². The molecule has 11 nitrogen and oxygen atoms in total. The number of nitrogens with zero attached hydrogens (tertiary/aromatic N) is 5. The van der Waals surface area contributed by atoms with Crippen molar-refractivity contribution >= 4 is 21.5 Å². The van der Waals surface area contributed by atoms with Gasteiger partial charge < -0.3 is 24.5 Å². The molecule has 0 unspecified atom stereocenters. The Balaban J connectivity index is 1.14. The number of ether oxygens (including phenoxy) is 2. The Labute approximate surface area is 221 Å². The molecule has 39 heavy (non-hydrogen) atoms. The molecule has 2 aromatic carbocycles. The van der Waals surface area contributed by atoms with E-state index in [-0.39, 0.29) is 36.4 Å². The van der Waals surface area contributed by atoms with E-state index in [4.69, 9.17) is 9.47 Å². The first-order valence-electron chi connectivity index (χ1n) is 11.9. The van der Waals surface area contributed by atoms with Crippen LogP contribution in [0.3, 0.4) is 0 Å². The fourth-order valence-corrected chi connectivity index (χ4v) is 5.92. The second kappa shape index (κ2) is 9.72. The van der Waals surface area contributed by atoms with Gasteiger partial charge in [-0.15, -0.1) is 0 Å². The molecule has 1 saturated heterocycles. The Morgan fingerprint density at radius 3 is 2.28 bits per heavy atom. The maximum Gasteiger partial charge on any atom is 0.416 e. The van der Waals surface area contributed by atoms with Gasteiger partial charge in [0.25, 0.3) is 0 Å². The van der Waals surface area contributed by atoms with Crippen LogP contribution in [-0.2, 0) is 22.7 Å². The largest absolute Gasteiger partial charge is 0.489 e. The van der Waals surface area contributed by atoms with E-state index in [0.717, 1.165) is 30.0 Å². The lowest BCUT2D eigenvalue weighted by atomic mass is 10.1. The van der Waals surface area contributed by atoms with Crippen LogP contribution < -0.4 is 14.4 Å². The van der Waals surface area contributed by atoms with Crippen LogP contribution in [-0.4, -0.2) is 65.6 Å². The number of nitro groups is 1. The molecule has 0 N–H and O–H groups in total. The standard InChI is InChI=1S/C24H24F3N5O6S/c1-23(15-30-14-21(32(33)34)28-22(30)38-23)16-37-19-6-4-18(5-7-19)29-10-12-31(13-11-29)39(35,36)20-8-2-17(3-9-20)24(25,26)27/h2-9,14H,10-13,15-16H2,1H3/t23-/m1/s1. The second-order valence-electron chi connectivity index (χ2n) is 9.51. The highest BCUT2D eigenvalue weighted by Gasteiger charge is 2.41. The smallest absolute Gasteiger partial charge is 0.416 e. The van der Waals surface area contributed by atoms with Gasteiger partial charge in [-0.25, -0.2) is 8.42 Å². The quantitative estimate of drug-likeness (QED) is 0.314. The minimum absolute atomic E-state index is 0.169. The molecule has 0 aliphatic carbocycles. The summed E-state index contributed by atoms with van der Waals surface area (Å²) in [6.45, 7) is 3.53. The van der Waals surface area contributed by atoms with E-state index in [9.17, 15) is 31.7 Å². The minimum Gasteiger partial charge on any atom is -0.489 e. The van der Waals surface area contributed by atoms with Crippen LogP contribution in [0.5, 0.6) is 11.8 Å². The predicted molar refractivity (Wildman–Crippen MR) is 132 cm³/mol. The van der Waals surface area contributed by atoms with E-state index in [1.165, 1.54) is 10.5 Å². The van der Waals surface area contributed by atoms with Crippen molar-refractivity contribution in [1.82, 2.24) is 13.9 Å². The maximum atomic E-state index is 12.9. The lowest BCUT2D eigenvalue weighted by Crippen LogP contribution is -2.48. The molecule has 1 fully saturated rings. The van der Waals surface area contributed by atoms with Gasteiger partial charge in [-0.2, -0.15) is 17.5 Å². The first-order valence-corrected chi connectivity index (χ1v) is 13.3. The summed E-state index contributed by atoms with van der Waals surface area (Å²) in [6, 6.07) is 10.9. The van der Waals surface area contributed by atoms with Crippen molar-refractivity contribution in [3.05, 3.63) is 70.4 Å². The number of anilines is 1. The maximum absolute atomic E-state index is 12.9. The van der Waals surface area contributed by atoms with Crippen molar-refractivity contribution < 1.29 is 36.0 Å². The van der Waals surface area contributed by atoms with E-state index in [2.05, 4.69) is 4.98 Å². The van der Waals surface area contributed by atoms with Gasteiger partial charge in [-0.05, 0) is 60.4 Å². The van der Waals surface area contributed by atoms with Crippen LogP contribution in [0.1, 0.15) is 12.5 Å². The van der Waals surface area contributed by atoms with Gasteiger partial charge in [0.1, 0.15) is 18.6 Å². The number of piperazine rings is 1. The highest BCUT2D eigenvalue weighted by atomic mass is 32.2. The molecule has 0 bridgehead atoms. The number of alkyl halides is 3. The van der Waals surface area contributed by atoms with Gasteiger partial charge in [0, 0.05) is 36.9 Å². The molecule has 3 aromatic rings. The minimum atomic E-state index is -4.54. The number of benzene rings is 2. The summed E-state index contributed by atoms with van der Waals surface area (Å²) in [5, 5.41) is 10.9. The van der Waals surface area contributed by atoms with Gasteiger partial charge in [0.05, 0.1) is 17.0 Å². The SMILES string of the molecule is C[C@]1(COc2ccc(N3CCN(S(=O)(=O)c4ccc(C(F)(F)F)cc4)CC3)cc2)Cn2cc([N+](=O)[O-])nc2O1. The molecule has 15 heteroatoms. The molecule has 1 atom stereocenters. The summed E-state index contributed by atoms with van der Waals surface area (Å²) in [7, 11) is -3.91. The average Bonchev–Trinajstić information content (AvgIpc) is 3.43. The molecule has 0 spiro atoms. The van der Waals surface area contributed by atoms with Crippen LogP contribution in [0.25, 0.3) is 0 Å². The number of halogens is 3. The average molecular weight is 568 g/mol. The van der Waals surface area contributed by atoms with Gasteiger partial charge in [-0.3, -0.25) is 4.57 Å². The normalized spacial score (nSPS) is 19.9. The summed E-state index contributed by atoms with van der Waals surface area (Å²) in [6.07, 6.45) is -3.21. The Kier molecular flexibility index (Phi) is 6.66. The molecule has 2 aliphatic rings. The molecule has 3 heterocycles. The zero-order valence-corrected chi connectivity index (χ0v) is 21.5. The zero-order valence-electron chi connectivity index (χ0n) is 20.7. The van der Waals surface area contributed by atoms with Crippen LogP contribution in [0, 0.1) is 10.1 Å². The number of imidazole rings is 1. The second-order valence-corrected chi connectivity index (χ2v) is 11.5. The summed E-state index contributed by atoms with van der Waals surface area (Å²) in [4.78, 5) is 16.0. The number of hydrogen-bond acceptors (Lipinski definition) is 8. The fourth-order valence-electron chi connectivity index (χ4n) is 4.50. The van der Waals surface area contributed by atoms with Crippen LogP contribution in [0.2, 0.25) is 0 Å². The number of fused-ring (bicyclic) bond motifs is 1. The molecule has 0 amide bonds. The summed E-state index contributed by atoms with van der Waals surface area (Å²) in [5.41, 5.74) is -0.781. The first kappa shape index (κ1) is 26.7. The predicted octanol–water partition coefficient (Wildman–Crippen LogP) is 3.55. The number of aromatic nitrogens is 2. The van der Waals surface area contributed by atoms with Crippen molar-refractivity contribution in [3.8, 4) is 11.8 Å². The number of sulfonamides is 1. The Bertz CT molecular complexity index is 1440. The van der Waals surface area contributed by atoms with E-state index >= 15 is 0 Å². The van der Waals surface area contributed by atoms with E-state index < -0.39 is 32.3 Å². The molecular formula is C24H24F3N5O6S. The molecule has 0 radical (unpaired) electrons. The zero-order chi connectivity index (χ0) is 28.0. The fraction of sp³-hybridized carbons (Fsp3) is 0.375. The van der Waals surface area contributed by atoms with Gasteiger partial charge >= 0.3 is 18.0 Å². The number of rotatable bonds is 7. The Morgan fingerprint density at radius 1 is 1.08 bits per heavy atom. The molecule has 1 aromatic heterocycles. The van der Waals surface area contributed by atoms with E-state index in [0.29, 0.717) is 25.4 Å². The lowest BCUT2D eigenvalue weighted by molar-refractivity contribution is -0.389. The third-order valence-corrected chi connectivity index (χ3v) is 8.47. The highest BCUT2D eigenvalue weighted by molar-refractivity contribution is 7.89. The lowest BCUT2D eigenvalue weighted by Gasteiger charge is -2.35. The van der Waals surface area contributed by atoms with E-state index in [1.54, 1.807) is 16.7 Å². The van der Waals surface area contributed by atoms with Crippen molar-refractivity contribution in [2.24, 2.45) is 0 Å². The molecule has 2 aliphatic heterocycles. The van der Waals surface area contributed by atoms with Crippen molar-refractivity contribution in [2.75, 3.05) is 37.7 Å². The summed E-state index contributed by atoms with van der Waals surface area (Å²) < 4.78 is 78.7. The highest BCUT2D eigenvalue weighted by Crippen LogP contribution is 2.33. The van der Waals surface area contributed by atoms with Gasteiger partial charge in [0.2, 0.25) is 10.0 Å². The van der Waals surface area contributed by atoms with Crippen LogP contribution >= 0.6 is 0 Å². The van der Waals surface area contributed by atoms with Crippen LogP contribution in [0.4, 0.5) is 24.7 Å². The first-order chi connectivity index (χ1) is 18.3. The summed E-state index contributed by atoms with van der Waals surface area (Å²) >= 11 is 0. The van der Waals surface area contributed by atoms with Crippen molar-refractivity contribution in [3.63, 3.8) is 0 Å². The van der Waals surface area contributed by atoms with E-state index in [1.807, 2.05) is 24.0 Å². The summed E-state index contributed by atoms with van der Waals surface area (Å²) in [5.74, 6) is 0.309. The molecular weight excluding hydrogens is 543 g/mol. The third kappa shape index (κ3) is 5.49. The van der Waals surface area contributed by atoms with Crippen molar-refractivity contribution in [2.45, 2.75) is 30.1 Å². The molecule has 208 valence electrons. The molecule has 5 rings (SSSR count). The Hall–Kier alpha value is -3.85. The number of hydrogen-bond donors (Lipinski definition) is 0. The Morgan fingerprint density at radius 2 is 1.72 bits per heavy atom. The van der Waals surface area contributed by atoms with Crippen molar-refractivity contribution in [1.29, 1.82) is 0 Å². The van der Waals surface area contributed by atoms with Gasteiger partial charge in [-0.1, -0.05) is 0 Å². The molecule has 0 saturated carbocycles. The third-order valence-electron chi connectivity index (χ3n) is 6.56. The van der Waals surface area contributed by atoms with Crippen LogP contribution in [0.15, 0.2) is 59.6 Å².